The lowest BCUT2D eigenvalue weighted by atomic mass is 10.0. The summed E-state index contributed by atoms with van der Waals surface area (Å²) in [5, 5.41) is 2.01. The van der Waals surface area contributed by atoms with Gasteiger partial charge in [-0.25, -0.2) is 0 Å². The highest BCUT2D eigenvalue weighted by Gasteiger charge is 2.55. The highest BCUT2D eigenvalue weighted by atomic mass is 28.4. The van der Waals surface area contributed by atoms with Gasteiger partial charge in [0.05, 0.1) is 0 Å². The van der Waals surface area contributed by atoms with Crippen LogP contribution in [0.5, 0.6) is 0 Å². The first-order valence-corrected chi connectivity index (χ1v) is 17.9. The van der Waals surface area contributed by atoms with E-state index in [1.165, 1.54) is 11.1 Å². The molecule has 0 N–H and O–H groups in total. The molecule has 0 aliphatic carbocycles. The zero-order chi connectivity index (χ0) is 26.9. The maximum atomic E-state index is 6.71. The van der Waals surface area contributed by atoms with Gasteiger partial charge in [-0.15, -0.1) is 0 Å². The van der Waals surface area contributed by atoms with Gasteiger partial charge >= 0.3 is 17.6 Å². The first-order valence-electron chi connectivity index (χ1n) is 14.5. The van der Waals surface area contributed by atoms with Gasteiger partial charge in [-0.05, 0) is 62.5 Å². The number of aryl methyl sites for hydroxylation is 1. The molecule has 0 amide bonds. The van der Waals surface area contributed by atoms with E-state index in [1.807, 2.05) is 0 Å². The van der Waals surface area contributed by atoms with Crippen LogP contribution in [0.1, 0.15) is 105 Å². The predicted octanol–water partition coefficient (Wildman–Crippen LogP) is 5.66. The summed E-state index contributed by atoms with van der Waals surface area (Å²) in [6.07, 6.45) is 7.09. The summed E-state index contributed by atoms with van der Waals surface area (Å²) in [6.45, 7) is 20.6. The fourth-order valence-electron chi connectivity index (χ4n) is 4.15. The van der Waals surface area contributed by atoms with Crippen LogP contribution in [-0.4, -0.2) is 57.3 Å². The predicted molar refractivity (Wildman–Crippen MR) is 153 cm³/mol. The van der Waals surface area contributed by atoms with Crippen molar-refractivity contribution in [3.05, 3.63) is 23.3 Å². The minimum atomic E-state index is -3.33. The quantitative estimate of drug-likeness (QED) is 0.176. The second-order valence-corrected chi connectivity index (χ2v) is 14.0. The SMILES string of the molecule is CCCO[Si](OCCC)(OCCC)c1ccc(CC)c(CC)c1[Si](OCCC)(OCCC)OCCC. The molecular formula is C28H54O6Si2. The Kier molecular flexibility index (Phi) is 17.3. The molecule has 0 aromatic heterocycles. The molecule has 1 aromatic rings. The maximum Gasteiger partial charge on any atom is 0.537 e. The molecule has 8 heteroatoms. The lowest BCUT2D eigenvalue weighted by molar-refractivity contribution is 0.0681. The van der Waals surface area contributed by atoms with Crippen LogP contribution in [0.3, 0.4) is 0 Å². The fourth-order valence-corrected chi connectivity index (χ4v) is 11.2. The molecule has 0 atom stereocenters. The molecule has 0 aliphatic heterocycles. The van der Waals surface area contributed by atoms with Gasteiger partial charge in [0.15, 0.2) is 0 Å². The minimum absolute atomic E-state index is 0.575. The number of hydrogen-bond donors (Lipinski definition) is 0. The van der Waals surface area contributed by atoms with Crippen molar-refractivity contribution in [1.29, 1.82) is 0 Å². The largest absolute Gasteiger partial charge is 0.537 e. The van der Waals surface area contributed by atoms with Crippen LogP contribution in [0.4, 0.5) is 0 Å². The lowest BCUT2D eigenvalue weighted by Gasteiger charge is -2.37. The standard InChI is InChI=1S/C28H54O6Si2/c1-9-19-29-35(30-20-10-2,31-21-11-3)27-18-17-25(15-7)26(16-8)28(27)36(32-22-12-4,33-23-13-5)34-24-14-6/h17-18H,9-16,19-24H2,1-8H3. The topological polar surface area (TPSA) is 55.4 Å². The molecular weight excluding hydrogens is 488 g/mol. The van der Waals surface area contributed by atoms with Crippen LogP contribution >= 0.6 is 0 Å². The van der Waals surface area contributed by atoms with Crippen LogP contribution in [0.2, 0.25) is 0 Å². The Bertz CT molecular complexity index is 672. The van der Waals surface area contributed by atoms with Crippen molar-refractivity contribution in [1.82, 2.24) is 0 Å². The summed E-state index contributed by atoms with van der Waals surface area (Å²) in [5.74, 6) is 0. The van der Waals surface area contributed by atoms with Crippen molar-refractivity contribution in [3.63, 3.8) is 0 Å². The van der Waals surface area contributed by atoms with Crippen LogP contribution in [0.15, 0.2) is 12.1 Å². The molecule has 0 bridgehead atoms. The summed E-state index contributed by atoms with van der Waals surface area (Å²) in [4.78, 5) is 0. The molecule has 0 saturated heterocycles. The summed E-state index contributed by atoms with van der Waals surface area (Å²) < 4.78 is 40.1. The van der Waals surface area contributed by atoms with E-state index in [4.69, 9.17) is 26.6 Å². The van der Waals surface area contributed by atoms with Gasteiger partial charge in [0.1, 0.15) is 0 Å². The monoisotopic (exact) mass is 542 g/mol. The summed E-state index contributed by atoms with van der Waals surface area (Å²) >= 11 is 0. The van der Waals surface area contributed by atoms with Crippen molar-refractivity contribution in [2.75, 3.05) is 39.6 Å². The van der Waals surface area contributed by atoms with Gasteiger partial charge in [0.25, 0.3) is 0 Å². The average molecular weight is 543 g/mol. The molecule has 0 unspecified atom stereocenters. The number of benzene rings is 1. The molecule has 210 valence electrons. The van der Waals surface area contributed by atoms with Gasteiger partial charge in [-0.1, -0.05) is 67.5 Å². The molecule has 36 heavy (non-hydrogen) atoms. The molecule has 1 aromatic carbocycles. The zero-order valence-electron chi connectivity index (χ0n) is 24.5. The smallest absolute Gasteiger partial charge is 0.370 e. The Labute approximate surface area is 224 Å². The van der Waals surface area contributed by atoms with Crippen molar-refractivity contribution in [2.45, 2.75) is 107 Å². The first kappa shape index (κ1) is 33.4. The van der Waals surface area contributed by atoms with E-state index in [0.29, 0.717) is 39.6 Å². The van der Waals surface area contributed by atoms with Gasteiger partial charge in [0, 0.05) is 50.0 Å². The third kappa shape index (κ3) is 9.01. The zero-order valence-corrected chi connectivity index (χ0v) is 26.5. The maximum absolute atomic E-state index is 6.71. The summed E-state index contributed by atoms with van der Waals surface area (Å²) in [5.41, 5.74) is 2.53. The van der Waals surface area contributed by atoms with E-state index in [-0.39, 0.29) is 0 Å². The second kappa shape index (κ2) is 18.6. The van der Waals surface area contributed by atoms with Gasteiger partial charge < -0.3 is 26.6 Å². The van der Waals surface area contributed by atoms with E-state index in [2.05, 4.69) is 67.5 Å². The Morgan fingerprint density at radius 3 is 1.14 bits per heavy atom. The van der Waals surface area contributed by atoms with Gasteiger partial charge in [-0.2, -0.15) is 0 Å². The highest BCUT2D eigenvalue weighted by molar-refractivity contribution is 6.87. The molecule has 0 heterocycles. The molecule has 0 fully saturated rings. The normalized spacial score (nSPS) is 12.4. The summed E-state index contributed by atoms with van der Waals surface area (Å²) in [7, 11) is -6.62. The molecule has 6 nitrogen and oxygen atoms in total. The van der Waals surface area contributed by atoms with Crippen molar-refractivity contribution >= 4 is 28.0 Å². The Balaban J connectivity index is 4.08. The van der Waals surface area contributed by atoms with Crippen LogP contribution in [0.25, 0.3) is 0 Å². The van der Waals surface area contributed by atoms with E-state index >= 15 is 0 Å². The van der Waals surface area contributed by atoms with E-state index < -0.39 is 17.6 Å². The highest BCUT2D eigenvalue weighted by Crippen LogP contribution is 2.22. The Morgan fingerprint density at radius 2 is 0.833 bits per heavy atom. The fraction of sp³-hybridized carbons (Fsp3) is 0.786. The van der Waals surface area contributed by atoms with Crippen LogP contribution in [-0.2, 0) is 39.4 Å². The third-order valence-corrected chi connectivity index (χ3v) is 11.8. The van der Waals surface area contributed by atoms with Crippen molar-refractivity contribution < 1.29 is 26.6 Å². The molecule has 0 aliphatic rings. The van der Waals surface area contributed by atoms with Crippen molar-refractivity contribution in [2.24, 2.45) is 0 Å². The molecule has 1 rings (SSSR count). The molecule has 0 spiro atoms. The van der Waals surface area contributed by atoms with Crippen LogP contribution in [0, 0.1) is 0 Å². The first-order chi connectivity index (χ1) is 17.5. The average Bonchev–Trinajstić information content (AvgIpc) is 2.92. The third-order valence-electron chi connectivity index (χ3n) is 5.76. The van der Waals surface area contributed by atoms with Gasteiger partial charge in [-0.3, -0.25) is 0 Å². The van der Waals surface area contributed by atoms with E-state index in [9.17, 15) is 0 Å². The lowest BCUT2D eigenvalue weighted by Crippen LogP contribution is -2.71. The summed E-state index contributed by atoms with van der Waals surface area (Å²) in [6, 6.07) is 4.39. The van der Waals surface area contributed by atoms with Crippen molar-refractivity contribution in [3.8, 4) is 0 Å². The Hall–Kier alpha value is -0.586. The second-order valence-electron chi connectivity index (χ2n) is 9.04. The van der Waals surface area contributed by atoms with Crippen LogP contribution < -0.4 is 10.4 Å². The van der Waals surface area contributed by atoms with E-state index in [0.717, 1.165) is 61.7 Å². The molecule has 0 saturated carbocycles. The number of rotatable bonds is 22. The Morgan fingerprint density at radius 1 is 0.472 bits per heavy atom. The molecule has 0 radical (unpaired) electrons. The minimum Gasteiger partial charge on any atom is -0.370 e. The van der Waals surface area contributed by atoms with Gasteiger partial charge in [0.2, 0.25) is 0 Å². The van der Waals surface area contributed by atoms with E-state index in [1.54, 1.807) is 0 Å². The number of hydrogen-bond acceptors (Lipinski definition) is 6.